The minimum atomic E-state index is -3.09. The first-order valence-electron chi connectivity index (χ1n) is 10.4. The molecule has 0 spiro atoms. The van der Waals surface area contributed by atoms with Crippen molar-refractivity contribution >= 4 is 26.8 Å². The lowest BCUT2D eigenvalue weighted by Gasteiger charge is -2.12. The number of aromatic nitrogens is 3. The molecule has 0 bridgehead atoms. The van der Waals surface area contributed by atoms with E-state index in [0.717, 1.165) is 17.7 Å². The Hall–Kier alpha value is -2.94. The van der Waals surface area contributed by atoms with Gasteiger partial charge in [-0.05, 0) is 50.1 Å². The Morgan fingerprint density at radius 3 is 2.65 bits per heavy atom. The molecule has 8 nitrogen and oxygen atoms in total. The molecule has 2 aromatic heterocycles. The average Bonchev–Trinajstić information content (AvgIpc) is 3.30. The molecule has 1 aromatic carbocycles. The predicted octanol–water partition coefficient (Wildman–Crippen LogP) is 2.91. The van der Waals surface area contributed by atoms with E-state index in [9.17, 15) is 13.2 Å². The Bertz CT molecular complexity index is 1230. The Morgan fingerprint density at radius 1 is 1.29 bits per heavy atom. The smallest absolute Gasteiger partial charge is 0.252 e. The van der Waals surface area contributed by atoms with Crippen molar-refractivity contribution in [1.29, 1.82) is 0 Å². The number of sulfone groups is 1. The summed E-state index contributed by atoms with van der Waals surface area (Å²) in [6.45, 7) is 4.39. The molecule has 0 unspecified atom stereocenters. The zero-order chi connectivity index (χ0) is 22.2. The molecule has 3 heterocycles. The van der Waals surface area contributed by atoms with Crippen LogP contribution in [0.2, 0.25) is 0 Å². The minimum Gasteiger partial charge on any atom is -0.497 e. The van der Waals surface area contributed by atoms with Crippen LogP contribution in [0, 0.1) is 6.92 Å². The molecule has 0 radical (unpaired) electrons. The van der Waals surface area contributed by atoms with Crippen LogP contribution in [-0.4, -0.2) is 54.2 Å². The van der Waals surface area contributed by atoms with Gasteiger partial charge >= 0.3 is 0 Å². The number of benzene rings is 1. The molecule has 1 aliphatic rings. The van der Waals surface area contributed by atoms with Gasteiger partial charge in [-0.2, -0.15) is 5.10 Å². The fourth-order valence-corrected chi connectivity index (χ4v) is 5.65. The van der Waals surface area contributed by atoms with Gasteiger partial charge in [0.25, 0.3) is 5.91 Å². The first kappa shape index (κ1) is 21.3. The van der Waals surface area contributed by atoms with E-state index in [1.54, 1.807) is 17.9 Å². The van der Waals surface area contributed by atoms with Gasteiger partial charge in [-0.15, -0.1) is 0 Å². The van der Waals surface area contributed by atoms with E-state index in [2.05, 4.69) is 10.4 Å². The summed E-state index contributed by atoms with van der Waals surface area (Å²) in [6, 6.07) is 8.93. The first-order chi connectivity index (χ1) is 14.8. The van der Waals surface area contributed by atoms with E-state index in [4.69, 9.17) is 9.72 Å². The SMILES string of the molecule is CCCNC(=O)c1cc(-c2ccc(OC)cc2)nc2c1c(C)nn2[C@H]1CCS(=O)(=O)C1. The summed E-state index contributed by atoms with van der Waals surface area (Å²) in [6.07, 6.45) is 1.31. The number of nitrogens with one attached hydrogen (secondary N) is 1. The third kappa shape index (κ3) is 4.14. The van der Waals surface area contributed by atoms with Crippen LogP contribution in [0.1, 0.15) is 41.9 Å². The number of hydrogen-bond donors (Lipinski definition) is 1. The number of carbonyl (C=O) groups is 1. The van der Waals surface area contributed by atoms with Crippen molar-refractivity contribution in [1.82, 2.24) is 20.1 Å². The highest BCUT2D eigenvalue weighted by molar-refractivity contribution is 7.91. The van der Waals surface area contributed by atoms with Gasteiger partial charge < -0.3 is 10.1 Å². The molecule has 1 fully saturated rings. The van der Waals surface area contributed by atoms with Crippen molar-refractivity contribution in [3.05, 3.63) is 41.6 Å². The van der Waals surface area contributed by atoms with Crippen LogP contribution in [0.3, 0.4) is 0 Å². The Kier molecular flexibility index (Phi) is 5.70. The van der Waals surface area contributed by atoms with Crippen LogP contribution in [0.25, 0.3) is 22.3 Å². The number of nitrogens with zero attached hydrogens (tertiary/aromatic N) is 3. The van der Waals surface area contributed by atoms with Crippen LogP contribution in [-0.2, 0) is 9.84 Å². The molecule has 1 saturated heterocycles. The third-order valence-corrected chi connectivity index (χ3v) is 7.31. The molecular formula is C22H26N4O4S. The number of ether oxygens (including phenoxy) is 1. The summed E-state index contributed by atoms with van der Waals surface area (Å²) in [5, 5.41) is 8.21. The van der Waals surface area contributed by atoms with Crippen LogP contribution < -0.4 is 10.1 Å². The minimum absolute atomic E-state index is 0.0367. The number of amides is 1. The van der Waals surface area contributed by atoms with E-state index in [0.29, 0.717) is 41.0 Å². The maximum atomic E-state index is 13.0. The number of carbonyl (C=O) groups excluding carboxylic acids is 1. The molecule has 31 heavy (non-hydrogen) atoms. The number of fused-ring (bicyclic) bond motifs is 1. The summed E-state index contributed by atoms with van der Waals surface area (Å²) >= 11 is 0. The van der Waals surface area contributed by atoms with E-state index in [1.165, 1.54) is 0 Å². The maximum absolute atomic E-state index is 13.0. The summed E-state index contributed by atoms with van der Waals surface area (Å²) in [5.41, 5.74) is 3.15. The Labute approximate surface area is 181 Å². The van der Waals surface area contributed by atoms with Gasteiger partial charge in [0.05, 0.1) is 47.0 Å². The van der Waals surface area contributed by atoms with Crippen molar-refractivity contribution in [2.75, 3.05) is 25.2 Å². The molecule has 4 rings (SSSR count). The van der Waals surface area contributed by atoms with E-state index >= 15 is 0 Å². The van der Waals surface area contributed by atoms with Crippen molar-refractivity contribution in [2.45, 2.75) is 32.7 Å². The largest absolute Gasteiger partial charge is 0.497 e. The number of rotatable bonds is 6. The first-order valence-corrected chi connectivity index (χ1v) is 12.2. The lowest BCUT2D eigenvalue weighted by atomic mass is 10.0. The fraction of sp³-hybridized carbons (Fsp3) is 0.409. The average molecular weight is 443 g/mol. The lowest BCUT2D eigenvalue weighted by Crippen LogP contribution is -2.24. The quantitative estimate of drug-likeness (QED) is 0.630. The van der Waals surface area contributed by atoms with Gasteiger partial charge in [0.1, 0.15) is 5.75 Å². The van der Waals surface area contributed by atoms with Crippen molar-refractivity contribution in [3.63, 3.8) is 0 Å². The van der Waals surface area contributed by atoms with Gasteiger partial charge in [-0.1, -0.05) is 6.92 Å². The Balaban J connectivity index is 1.90. The molecule has 164 valence electrons. The number of hydrogen-bond acceptors (Lipinski definition) is 6. The molecule has 0 saturated carbocycles. The second kappa shape index (κ2) is 8.30. The number of aryl methyl sites for hydroxylation is 1. The summed E-state index contributed by atoms with van der Waals surface area (Å²) in [4.78, 5) is 17.8. The molecule has 3 aromatic rings. The second-order valence-corrected chi connectivity index (χ2v) is 10.1. The van der Waals surface area contributed by atoms with Gasteiger partial charge in [-0.25, -0.2) is 18.1 Å². The molecule has 1 N–H and O–H groups in total. The van der Waals surface area contributed by atoms with E-state index in [1.807, 2.05) is 38.1 Å². The van der Waals surface area contributed by atoms with Crippen LogP contribution >= 0.6 is 0 Å². The molecule has 1 aliphatic heterocycles. The van der Waals surface area contributed by atoms with E-state index in [-0.39, 0.29) is 23.5 Å². The molecule has 9 heteroatoms. The topological polar surface area (TPSA) is 103 Å². The number of pyridine rings is 1. The molecular weight excluding hydrogens is 416 g/mol. The van der Waals surface area contributed by atoms with Crippen molar-refractivity contribution in [3.8, 4) is 17.0 Å². The monoisotopic (exact) mass is 442 g/mol. The Morgan fingerprint density at radius 2 is 2.03 bits per heavy atom. The number of methoxy groups -OCH3 is 1. The summed E-state index contributed by atoms with van der Waals surface area (Å²) in [7, 11) is -1.49. The van der Waals surface area contributed by atoms with Crippen molar-refractivity contribution in [2.24, 2.45) is 0 Å². The maximum Gasteiger partial charge on any atom is 0.252 e. The summed E-state index contributed by atoms with van der Waals surface area (Å²) in [5.74, 6) is 0.711. The van der Waals surface area contributed by atoms with Crippen LogP contribution in [0.15, 0.2) is 30.3 Å². The zero-order valence-corrected chi connectivity index (χ0v) is 18.7. The van der Waals surface area contributed by atoms with Crippen LogP contribution in [0.4, 0.5) is 0 Å². The fourth-order valence-electron chi connectivity index (χ4n) is 3.96. The lowest BCUT2D eigenvalue weighted by molar-refractivity contribution is 0.0955. The van der Waals surface area contributed by atoms with Gasteiger partial charge in [-0.3, -0.25) is 4.79 Å². The second-order valence-electron chi connectivity index (χ2n) is 7.82. The molecule has 0 aliphatic carbocycles. The highest BCUT2D eigenvalue weighted by Gasteiger charge is 2.32. The van der Waals surface area contributed by atoms with E-state index < -0.39 is 9.84 Å². The van der Waals surface area contributed by atoms with Crippen molar-refractivity contribution < 1.29 is 17.9 Å². The van der Waals surface area contributed by atoms with Gasteiger partial charge in [0.2, 0.25) is 0 Å². The normalized spacial score (nSPS) is 17.7. The third-order valence-electron chi connectivity index (χ3n) is 5.56. The highest BCUT2D eigenvalue weighted by atomic mass is 32.2. The standard InChI is InChI=1S/C22H26N4O4S/c1-4-10-23-22(27)18-12-19(15-5-7-17(30-3)8-6-15)24-21-20(18)14(2)25-26(21)16-9-11-31(28,29)13-16/h5-8,12,16H,4,9-11,13H2,1-3H3,(H,23,27)/t16-/m0/s1. The molecule has 1 atom stereocenters. The van der Waals surface area contributed by atoms with Gasteiger partial charge in [0.15, 0.2) is 15.5 Å². The van der Waals surface area contributed by atoms with Gasteiger partial charge in [0, 0.05) is 12.1 Å². The molecule has 1 amide bonds. The predicted molar refractivity (Wildman–Crippen MR) is 119 cm³/mol. The summed E-state index contributed by atoms with van der Waals surface area (Å²) < 4.78 is 31.1. The van der Waals surface area contributed by atoms with Crippen LogP contribution in [0.5, 0.6) is 5.75 Å². The highest BCUT2D eigenvalue weighted by Crippen LogP contribution is 2.32. The zero-order valence-electron chi connectivity index (χ0n) is 17.9.